The molecular formula is C14H35O6PS2Si4. The van der Waals surface area contributed by atoms with Crippen LogP contribution in [0.15, 0.2) is 0 Å². The fraction of sp³-hybridized carbons (Fsp3) is 0.929. The monoisotopic (exact) mass is 506 g/mol. The van der Waals surface area contributed by atoms with Crippen molar-refractivity contribution < 1.29 is 26.4 Å². The summed E-state index contributed by atoms with van der Waals surface area (Å²) in [6.45, 7) is 17.3. The van der Waals surface area contributed by atoms with E-state index < -0.39 is 41.1 Å². The van der Waals surface area contributed by atoms with E-state index >= 15 is 0 Å². The molecule has 0 aliphatic carbocycles. The van der Waals surface area contributed by atoms with Crippen LogP contribution in [0.5, 0.6) is 0 Å². The van der Waals surface area contributed by atoms with Gasteiger partial charge in [0.05, 0.1) is 12.1 Å². The zero-order chi connectivity index (χ0) is 21.5. The molecular weight excluding hydrogens is 472 g/mol. The molecule has 0 saturated carbocycles. The summed E-state index contributed by atoms with van der Waals surface area (Å²) in [5.74, 6) is -0.658. The third-order valence-corrected chi connectivity index (χ3v) is 19.4. The first-order valence-corrected chi connectivity index (χ1v) is 24.3. The molecule has 6 nitrogen and oxygen atoms in total. The number of carbonyl (C=O) groups excluding carboxylic acids is 1. The normalized spacial score (nSPS) is 17.6. The van der Waals surface area contributed by atoms with Crippen LogP contribution in [0.25, 0.3) is 0 Å². The van der Waals surface area contributed by atoms with Crippen LogP contribution in [0.4, 0.5) is 0 Å². The van der Waals surface area contributed by atoms with E-state index in [1.165, 1.54) is 0 Å². The SMILES string of the molecule is CC(C[Si](C)(O[SiH](C)O[Si](C)(C)C)O[Si](C)(C)C)C(=O)OCCP(=O)=S=S. The molecule has 0 saturated heterocycles. The Morgan fingerprint density at radius 3 is 2.11 bits per heavy atom. The molecule has 13 heteroatoms. The Hall–Kier alpha value is 0.758. The van der Waals surface area contributed by atoms with Crippen molar-refractivity contribution in [2.24, 2.45) is 5.92 Å². The zero-order valence-electron chi connectivity index (χ0n) is 18.0. The average Bonchev–Trinajstić information content (AvgIpc) is 2.41. The van der Waals surface area contributed by atoms with Crippen LogP contribution in [0, 0.1) is 5.92 Å². The molecule has 160 valence electrons. The van der Waals surface area contributed by atoms with Crippen molar-refractivity contribution in [1.29, 1.82) is 0 Å². The van der Waals surface area contributed by atoms with E-state index in [1.807, 2.05) is 20.0 Å². The Bertz CT molecular complexity index is 599. The molecule has 0 aromatic heterocycles. The van der Waals surface area contributed by atoms with Gasteiger partial charge in [0, 0.05) is 6.04 Å². The van der Waals surface area contributed by atoms with Gasteiger partial charge in [0.15, 0.2) is 23.2 Å². The molecule has 4 atom stereocenters. The summed E-state index contributed by atoms with van der Waals surface area (Å²) < 4.78 is 35.6. The molecule has 0 spiro atoms. The van der Waals surface area contributed by atoms with Crippen LogP contribution in [0.1, 0.15) is 6.92 Å². The van der Waals surface area contributed by atoms with Gasteiger partial charge in [-0.3, -0.25) is 9.36 Å². The standard InChI is InChI=1S/C14H35O6PS2Si4/c1-13(14(15)17-10-11-21(16)23-22)12-27(9,20-26(6,7)8)19-24(2)18-25(3,4)5/h13,24H,10-12H2,1-9H3. The van der Waals surface area contributed by atoms with Crippen molar-refractivity contribution in [3.63, 3.8) is 0 Å². The fourth-order valence-corrected chi connectivity index (χ4v) is 19.3. The maximum atomic E-state index is 12.3. The molecule has 27 heavy (non-hydrogen) atoms. The maximum absolute atomic E-state index is 12.3. The van der Waals surface area contributed by atoms with E-state index in [0.717, 1.165) is 9.50 Å². The van der Waals surface area contributed by atoms with Gasteiger partial charge in [-0.05, 0) is 73.1 Å². The second-order valence-corrected chi connectivity index (χ2v) is 27.9. The molecule has 0 bridgehead atoms. The van der Waals surface area contributed by atoms with Crippen molar-refractivity contribution in [3.05, 3.63) is 0 Å². The summed E-state index contributed by atoms with van der Waals surface area (Å²) in [4.78, 5) is 12.3. The van der Waals surface area contributed by atoms with Gasteiger partial charge in [-0.2, -0.15) is 0 Å². The highest BCUT2D eigenvalue weighted by Crippen LogP contribution is 2.26. The highest BCUT2D eigenvalue weighted by Gasteiger charge is 2.42. The number of hydrogen-bond donors (Lipinski definition) is 0. The second-order valence-electron chi connectivity index (χ2n) is 8.67. The summed E-state index contributed by atoms with van der Waals surface area (Å²) >= 11 is 4.67. The number of hydrogen-bond acceptors (Lipinski definition) is 7. The van der Waals surface area contributed by atoms with Crippen molar-refractivity contribution in [2.45, 2.75) is 65.3 Å². The van der Waals surface area contributed by atoms with Gasteiger partial charge < -0.3 is 17.1 Å². The van der Waals surface area contributed by atoms with E-state index in [-0.39, 0.29) is 24.7 Å². The minimum Gasteiger partial charge on any atom is -0.465 e. The van der Waals surface area contributed by atoms with Gasteiger partial charge in [-0.15, -0.1) is 0 Å². The number of carbonyl (C=O) groups is 1. The number of esters is 1. The van der Waals surface area contributed by atoms with Crippen molar-refractivity contribution in [3.8, 4) is 0 Å². The first kappa shape index (κ1) is 27.8. The van der Waals surface area contributed by atoms with Gasteiger partial charge in [0.2, 0.25) is 0 Å². The lowest BCUT2D eigenvalue weighted by Crippen LogP contribution is -2.53. The van der Waals surface area contributed by atoms with E-state index in [9.17, 15) is 9.36 Å². The van der Waals surface area contributed by atoms with Crippen molar-refractivity contribution >= 4 is 67.7 Å². The molecule has 0 aromatic rings. The summed E-state index contributed by atoms with van der Waals surface area (Å²) in [5, 5.41) is 0. The summed E-state index contributed by atoms with van der Waals surface area (Å²) in [7, 11) is -7.12. The lowest BCUT2D eigenvalue weighted by Gasteiger charge is -2.38. The third-order valence-electron chi connectivity index (χ3n) is 3.14. The predicted molar refractivity (Wildman–Crippen MR) is 127 cm³/mol. The zero-order valence-corrected chi connectivity index (χ0v) is 24.7. The molecule has 0 radical (unpaired) electrons. The van der Waals surface area contributed by atoms with Crippen LogP contribution < -0.4 is 0 Å². The minimum atomic E-state index is -2.60. The number of rotatable bonds is 12. The van der Waals surface area contributed by atoms with Crippen LogP contribution in [-0.4, -0.2) is 53.2 Å². The lowest BCUT2D eigenvalue weighted by molar-refractivity contribution is -0.146. The summed E-state index contributed by atoms with van der Waals surface area (Å²) in [6.07, 6.45) is 0.284. The minimum absolute atomic E-state index is 0.125. The lowest BCUT2D eigenvalue weighted by atomic mass is 10.2. The quantitative estimate of drug-likeness (QED) is 0.224. The van der Waals surface area contributed by atoms with E-state index in [2.05, 4.69) is 50.5 Å². The molecule has 0 heterocycles. The summed E-state index contributed by atoms with van der Waals surface area (Å²) in [5.41, 5.74) is 0. The largest absolute Gasteiger partial charge is 0.465 e. The molecule has 0 aliphatic rings. The molecule has 0 N–H and O–H groups in total. The van der Waals surface area contributed by atoms with Gasteiger partial charge in [0.25, 0.3) is 9.28 Å². The fourth-order valence-electron chi connectivity index (χ4n) is 2.67. The topological polar surface area (TPSA) is 71.1 Å². The van der Waals surface area contributed by atoms with Crippen LogP contribution >= 0.6 is 6.58 Å². The highest BCUT2D eigenvalue weighted by molar-refractivity contribution is 8.32. The van der Waals surface area contributed by atoms with E-state index in [4.69, 9.17) is 17.1 Å². The van der Waals surface area contributed by atoms with Crippen molar-refractivity contribution in [1.82, 2.24) is 0 Å². The molecule has 0 rings (SSSR count). The van der Waals surface area contributed by atoms with Crippen LogP contribution in [0.3, 0.4) is 0 Å². The predicted octanol–water partition coefficient (Wildman–Crippen LogP) is 4.09. The van der Waals surface area contributed by atoms with Gasteiger partial charge in [-0.1, -0.05) is 6.92 Å². The Balaban J connectivity index is 5.04. The van der Waals surface area contributed by atoms with Gasteiger partial charge in [0.1, 0.15) is 6.61 Å². The number of ether oxygens (including phenoxy) is 1. The first-order chi connectivity index (χ1) is 12.1. The molecule has 0 amide bonds. The van der Waals surface area contributed by atoms with Crippen molar-refractivity contribution in [2.75, 3.05) is 12.8 Å². The summed E-state index contributed by atoms with van der Waals surface area (Å²) in [6, 6.07) is 0.518. The Morgan fingerprint density at radius 1 is 1.11 bits per heavy atom. The average molecular weight is 507 g/mol. The Morgan fingerprint density at radius 2 is 1.67 bits per heavy atom. The van der Waals surface area contributed by atoms with Gasteiger partial charge in [-0.25, -0.2) is 0 Å². The van der Waals surface area contributed by atoms with E-state index in [0.29, 0.717) is 6.04 Å². The molecule has 4 unspecified atom stereocenters. The van der Waals surface area contributed by atoms with Crippen LogP contribution in [0.2, 0.25) is 58.4 Å². The Labute approximate surface area is 177 Å². The first-order valence-electron chi connectivity index (χ1n) is 9.04. The van der Waals surface area contributed by atoms with Gasteiger partial charge >= 0.3 is 14.5 Å². The second kappa shape index (κ2) is 11.8. The van der Waals surface area contributed by atoms with E-state index in [1.54, 1.807) is 0 Å². The highest BCUT2D eigenvalue weighted by atomic mass is 32.9. The third kappa shape index (κ3) is 14.4. The van der Waals surface area contributed by atoms with Crippen LogP contribution in [-0.2, 0) is 47.1 Å². The smallest absolute Gasteiger partial charge is 0.316 e. The Kier molecular flexibility index (Phi) is 12.1. The maximum Gasteiger partial charge on any atom is 0.316 e. The molecule has 0 aliphatic heterocycles. The molecule has 0 aromatic carbocycles. The molecule has 0 fully saturated rings.